The number of halogens is 2. The molecule has 2 aromatic carbocycles. The summed E-state index contributed by atoms with van der Waals surface area (Å²) in [4.78, 5) is 25.1. The van der Waals surface area contributed by atoms with E-state index in [1.807, 2.05) is 30.3 Å². The van der Waals surface area contributed by atoms with Crippen molar-refractivity contribution < 1.29 is 14.3 Å². The fourth-order valence-corrected chi connectivity index (χ4v) is 2.50. The van der Waals surface area contributed by atoms with Crippen LogP contribution in [0.2, 0.25) is 10.0 Å². The molecule has 0 aliphatic heterocycles. The van der Waals surface area contributed by atoms with E-state index >= 15 is 0 Å². The first kappa shape index (κ1) is 18.0. The molecule has 0 atom stereocenters. The molecule has 0 N–H and O–H groups in total. The largest absolute Gasteiger partial charge is 0.456 e. The Balaban J connectivity index is 1.57. The molecule has 0 unspecified atom stereocenters. The van der Waals surface area contributed by atoms with E-state index in [1.165, 1.54) is 12.1 Å². The molecule has 0 aliphatic carbocycles. The highest BCUT2D eigenvalue weighted by molar-refractivity contribution is 6.36. The standard InChI is InChI=1S/C17H12Cl2N4O3/c18-12-6-7-14(19)13(8-12)15(24)10-26-16(25)9-23-21-17(20-22-23)11-4-2-1-3-5-11/h1-8H,9-10H2. The molecule has 0 saturated heterocycles. The molecule has 1 heterocycles. The van der Waals surface area contributed by atoms with Gasteiger partial charge in [-0.15, -0.1) is 10.2 Å². The summed E-state index contributed by atoms with van der Waals surface area (Å²) < 4.78 is 4.95. The van der Waals surface area contributed by atoms with Crippen LogP contribution in [0.5, 0.6) is 0 Å². The van der Waals surface area contributed by atoms with Crippen molar-refractivity contribution in [2.75, 3.05) is 6.61 Å². The van der Waals surface area contributed by atoms with E-state index in [-0.39, 0.29) is 17.1 Å². The van der Waals surface area contributed by atoms with Crippen molar-refractivity contribution in [1.29, 1.82) is 0 Å². The number of aromatic nitrogens is 4. The molecule has 0 spiro atoms. The fourth-order valence-electron chi connectivity index (χ4n) is 2.11. The third kappa shape index (κ3) is 4.44. The number of hydrogen-bond donors (Lipinski definition) is 0. The first-order valence-electron chi connectivity index (χ1n) is 7.50. The van der Waals surface area contributed by atoms with Gasteiger partial charge in [-0.1, -0.05) is 53.5 Å². The van der Waals surface area contributed by atoms with Gasteiger partial charge in [0.1, 0.15) is 0 Å². The summed E-state index contributed by atoms with van der Waals surface area (Å²) >= 11 is 11.8. The minimum Gasteiger partial charge on any atom is -0.456 e. The zero-order valence-electron chi connectivity index (χ0n) is 13.3. The number of ketones is 1. The summed E-state index contributed by atoms with van der Waals surface area (Å²) in [6.45, 7) is -0.727. The Kier molecular flexibility index (Phi) is 5.60. The Morgan fingerprint density at radius 1 is 1.08 bits per heavy atom. The zero-order chi connectivity index (χ0) is 18.5. The lowest BCUT2D eigenvalue weighted by atomic mass is 10.1. The number of ether oxygens (including phenoxy) is 1. The van der Waals surface area contributed by atoms with E-state index < -0.39 is 18.4 Å². The summed E-state index contributed by atoms with van der Waals surface area (Å²) in [5.74, 6) is -0.740. The SMILES string of the molecule is O=C(Cn1nnc(-c2ccccc2)n1)OCC(=O)c1cc(Cl)ccc1Cl. The third-order valence-corrected chi connectivity index (χ3v) is 3.91. The van der Waals surface area contributed by atoms with Gasteiger partial charge in [-0.25, -0.2) is 4.79 Å². The third-order valence-electron chi connectivity index (χ3n) is 3.35. The normalized spacial score (nSPS) is 10.5. The molecule has 0 saturated carbocycles. The van der Waals surface area contributed by atoms with Gasteiger partial charge in [0, 0.05) is 16.1 Å². The molecular formula is C17H12Cl2N4O3. The number of hydrogen-bond acceptors (Lipinski definition) is 6. The smallest absolute Gasteiger partial charge is 0.330 e. The molecule has 9 heteroatoms. The van der Waals surface area contributed by atoms with Crippen molar-refractivity contribution in [2.45, 2.75) is 6.54 Å². The average molecular weight is 391 g/mol. The number of tetrazole rings is 1. The van der Waals surface area contributed by atoms with Crippen molar-refractivity contribution >= 4 is 35.0 Å². The molecule has 7 nitrogen and oxygen atoms in total. The van der Waals surface area contributed by atoms with E-state index in [9.17, 15) is 9.59 Å². The lowest BCUT2D eigenvalue weighted by molar-refractivity contribution is -0.143. The average Bonchev–Trinajstić information content (AvgIpc) is 3.11. The maximum Gasteiger partial charge on any atom is 0.330 e. The van der Waals surface area contributed by atoms with Crippen LogP contribution in [0.3, 0.4) is 0 Å². The van der Waals surface area contributed by atoms with Crippen molar-refractivity contribution in [3.8, 4) is 11.4 Å². The summed E-state index contributed by atoms with van der Waals surface area (Å²) in [6.07, 6.45) is 0. The number of carbonyl (C=O) groups excluding carboxylic acids is 2. The van der Waals surface area contributed by atoms with Crippen LogP contribution in [-0.2, 0) is 16.1 Å². The number of carbonyl (C=O) groups is 2. The first-order chi connectivity index (χ1) is 12.5. The van der Waals surface area contributed by atoms with Gasteiger partial charge in [0.25, 0.3) is 0 Å². The summed E-state index contributed by atoms with van der Waals surface area (Å²) in [5.41, 5.74) is 0.968. The number of nitrogens with zero attached hydrogens (tertiary/aromatic N) is 4. The molecule has 0 radical (unpaired) electrons. The molecule has 132 valence electrons. The van der Waals surface area contributed by atoms with E-state index in [2.05, 4.69) is 15.4 Å². The van der Waals surface area contributed by atoms with Gasteiger partial charge in [0.2, 0.25) is 11.6 Å². The van der Waals surface area contributed by atoms with E-state index in [0.29, 0.717) is 10.8 Å². The maximum atomic E-state index is 12.1. The van der Waals surface area contributed by atoms with Gasteiger partial charge in [-0.3, -0.25) is 4.79 Å². The predicted octanol–water partition coefficient (Wildman–Crippen LogP) is 3.07. The molecular weight excluding hydrogens is 379 g/mol. The Morgan fingerprint density at radius 3 is 2.62 bits per heavy atom. The van der Waals surface area contributed by atoms with Crippen molar-refractivity contribution in [3.05, 3.63) is 64.1 Å². The van der Waals surface area contributed by atoms with Crippen molar-refractivity contribution in [1.82, 2.24) is 20.2 Å². The van der Waals surface area contributed by atoms with E-state index in [1.54, 1.807) is 6.07 Å². The summed E-state index contributed by atoms with van der Waals surface area (Å²) in [7, 11) is 0. The lowest BCUT2D eigenvalue weighted by Gasteiger charge is -2.05. The quantitative estimate of drug-likeness (QED) is 0.474. The summed E-state index contributed by atoms with van der Waals surface area (Å²) in [5, 5.41) is 12.4. The first-order valence-corrected chi connectivity index (χ1v) is 8.25. The molecule has 3 aromatic rings. The molecule has 26 heavy (non-hydrogen) atoms. The highest BCUT2D eigenvalue weighted by Gasteiger charge is 2.15. The van der Waals surface area contributed by atoms with Gasteiger partial charge in [-0.05, 0) is 23.4 Å². The van der Waals surface area contributed by atoms with Crippen LogP contribution in [0, 0.1) is 0 Å². The van der Waals surface area contributed by atoms with Crippen molar-refractivity contribution in [2.24, 2.45) is 0 Å². The predicted molar refractivity (Wildman–Crippen MR) is 95.0 cm³/mol. The molecule has 0 amide bonds. The second-order valence-corrected chi connectivity index (χ2v) is 6.06. The van der Waals surface area contributed by atoms with Gasteiger partial charge in [0.05, 0.1) is 5.02 Å². The highest BCUT2D eigenvalue weighted by Crippen LogP contribution is 2.21. The van der Waals surface area contributed by atoms with Gasteiger partial charge >= 0.3 is 5.97 Å². The Bertz CT molecular complexity index is 944. The van der Waals surface area contributed by atoms with Gasteiger partial charge < -0.3 is 4.74 Å². The number of esters is 1. The number of Topliss-reactive ketones (excluding diaryl/α,β-unsaturated/α-hetero) is 1. The van der Waals surface area contributed by atoms with Gasteiger partial charge in [-0.2, -0.15) is 4.80 Å². The maximum absolute atomic E-state index is 12.1. The van der Waals surface area contributed by atoms with Crippen LogP contribution in [0.15, 0.2) is 48.5 Å². The van der Waals surface area contributed by atoms with E-state index in [0.717, 1.165) is 10.4 Å². The van der Waals surface area contributed by atoms with Crippen LogP contribution in [0.1, 0.15) is 10.4 Å². The second-order valence-electron chi connectivity index (χ2n) is 5.22. The van der Waals surface area contributed by atoms with Crippen LogP contribution in [0.4, 0.5) is 0 Å². The molecule has 3 rings (SSSR count). The highest BCUT2D eigenvalue weighted by atomic mass is 35.5. The Labute approximate surface area is 158 Å². The number of rotatable bonds is 6. The van der Waals surface area contributed by atoms with Gasteiger partial charge in [0.15, 0.2) is 13.2 Å². The van der Waals surface area contributed by atoms with Crippen molar-refractivity contribution in [3.63, 3.8) is 0 Å². The summed E-state index contributed by atoms with van der Waals surface area (Å²) in [6, 6.07) is 13.7. The molecule has 0 fully saturated rings. The van der Waals surface area contributed by atoms with E-state index in [4.69, 9.17) is 27.9 Å². The molecule has 1 aromatic heterocycles. The minimum atomic E-state index is -0.673. The van der Waals surface area contributed by atoms with Crippen LogP contribution in [0.25, 0.3) is 11.4 Å². The lowest BCUT2D eigenvalue weighted by Crippen LogP contribution is -2.20. The molecule has 0 bridgehead atoms. The fraction of sp³-hybridized carbons (Fsp3) is 0.118. The topological polar surface area (TPSA) is 87.0 Å². The van der Waals surface area contributed by atoms with Crippen LogP contribution < -0.4 is 0 Å². The number of benzene rings is 2. The second kappa shape index (κ2) is 8.07. The minimum absolute atomic E-state index is 0.192. The Morgan fingerprint density at radius 2 is 1.85 bits per heavy atom. The monoisotopic (exact) mass is 390 g/mol. The molecule has 0 aliphatic rings. The zero-order valence-corrected chi connectivity index (χ0v) is 14.8. The van der Waals surface area contributed by atoms with Crippen LogP contribution in [-0.4, -0.2) is 38.6 Å². The van der Waals surface area contributed by atoms with Crippen LogP contribution >= 0.6 is 23.2 Å². The Hall–Kier alpha value is -2.77.